The SMILES string of the molecule is Cc1c(N)cccc1-c1nc(-c2ncccc2Br)no1. The zero-order valence-electron chi connectivity index (χ0n) is 10.7. The van der Waals surface area contributed by atoms with Gasteiger partial charge in [0.1, 0.15) is 5.69 Å². The van der Waals surface area contributed by atoms with Crippen LogP contribution < -0.4 is 5.73 Å². The Morgan fingerprint density at radius 3 is 2.85 bits per heavy atom. The fourth-order valence-corrected chi connectivity index (χ4v) is 2.30. The van der Waals surface area contributed by atoms with Gasteiger partial charge in [0, 0.05) is 21.9 Å². The van der Waals surface area contributed by atoms with Crippen LogP contribution >= 0.6 is 15.9 Å². The monoisotopic (exact) mass is 330 g/mol. The Labute approximate surface area is 124 Å². The van der Waals surface area contributed by atoms with Gasteiger partial charge in [0.05, 0.1) is 0 Å². The third kappa shape index (κ3) is 2.18. The Morgan fingerprint density at radius 2 is 2.05 bits per heavy atom. The molecule has 0 bridgehead atoms. The lowest BCUT2D eigenvalue weighted by Crippen LogP contribution is -1.92. The van der Waals surface area contributed by atoms with E-state index in [9.17, 15) is 0 Å². The Hall–Kier alpha value is -2.21. The Morgan fingerprint density at radius 1 is 1.20 bits per heavy atom. The maximum atomic E-state index is 5.89. The highest BCUT2D eigenvalue weighted by molar-refractivity contribution is 9.10. The molecule has 0 aliphatic heterocycles. The first-order chi connectivity index (χ1) is 9.66. The molecule has 0 radical (unpaired) electrons. The molecule has 0 aliphatic carbocycles. The lowest BCUT2D eigenvalue weighted by molar-refractivity contribution is 0.432. The van der Waals surface area contributed by atoms with Crippen molar-refractivity contribution in [2.45, 2.75) is 6.92 Å². The van der Waals surface area contributed by atoms with E-state index in [0.717, 1.165) is 15.6 Å². The van der Waals surface area contributed by atoms with Gasteiger partial charge in [-0.2, -0.15) is 4.98 Å². The topological polar surface area (TPSA) is 77.8 Å². The quantitative estimate of drug-likeness (QED) is 0.728. The third-order valence-corrected chi connectivity index (χ3v) is 3.64. The molecule has 0 spiro atoms. The van der Waals surface area contributed by atoms with Gasteiger partial charge in [0.2, 0.25) is 5.82 Å². The largest absolute Gasteiger partial charge is 0.398 e. The first-order valence-electron chi connectivity index (χ1n) is 5.97. The molecule has 5 nitrogen and oxygen atoms in total. The second-order valence-electron chi connectivity index (χ2n) is 4.28. The lowest BCUT2D eigenvalue weighted by atomic mass is 10.1. The van der Waals surface area contributed by atoms with Gasteiger partial charge in [-0.05, 0) is 52.7 Å². The summed E-state index contributed by atoms with van der Waals surface area (Å²) in [5.74, 6) is 0.872. The predicted octanol–water partition coefficient (Wildman–Crippen LogP) is 3.45. The number of halogens is 1. The first-order valence-corrected chi connectivity index (χ1v) is 6.76. The van der Waals surface area contributed by atoms with Crippen molar-refractivity contribution in [3.8, 4) is 23.0 Å². The van der Waals surface area contributed by atoms with E-state index in [0.29, 0.717) is 23.1 Å². The van der Waals surface area contributed by atoms with E-state index in [-0.39, 0.29) is 0 Å². The van der Waals surface area contributed by atoms with Crippen molar-refractivity contribution >= 4 is 21.6 Å². The molecule has 0 unspecified atom stereocenters. The van der Waals surface area contributed by atoms with Crippen molar-refractivity contribution in [3.63, 3.8) is 0 Å². The highest BCUT2D eigenvalue weighted by Crippen LogP contribution is 2.29. The minimum Gasteiger partial charge on any atom is -0.398 e. The van der Waals surface area contributed by atoms with Crippen LogP contribution in [-0.2, 0) is 0 Å². The molecule has 1 aromatic carbocycles. The zero-order chi connectivity index (χ0) is 14.1. The second-order valence-corrected chi connectivity index (χ2v) is 5.13. The van der Waals surface area contributed by atoms with Crippen LogP contribution in [0.15, 0.2) is 45.5 Å². The highest BCUT2D eigenvalue weighted by Gasteiger charge is 2.15. The Balaban J connectivity index is 2.07. The maximum absolute atomic E-state index is 5.89. The molecule has 0 amide bonds. The summed E-state index contributed by atoms with van der Waals surface area (Å²) < 4.78 is 6.13. The highest BCUT2D eigenvalue weighted by atomic mass is 79.9. The smallest absolute Gasteiger partial charge is 0.258 e. The third-order valence-electron chi connectivity index (χ3n) is 3.00. The predicted molar refractivity (Wildman–Crippen MR) is 79.8 cm³/mol. The second kappa shape index (κ2) is 5.05. The van der Waals surface area contributed by atoms with Crippen LogP contribution in [0.25, 0.3) is 23.0 Å². The molecule has 0 aliphatic rings. The number of nitrogen functional groups attached to an aromatic ring is 1. The van der Waals surface area contributed by atoms with Crippen LogP contribution in [0.2, 0.25) is 0 Å². The number of aromatic nitrogens is 3. The van der Waals surface area contributed by atoms with Gasteiger partial charge in [-0.15, -0.1) is 0 Å². The zero-order valence-corrected chi connectivity index (χ0v) is 12.3. The number of anilines is 1. The van der Waals surface area contributed by atoms with Gasteiger partial charge in [-0.3, -0.25) is 4.98 Å². The van der Waals surface area contributed by atoms with E-state index < -0.39 is 0 Å². The summed E-state index contributed by atoms with van der Waals surface area (Å²) in [7, 11) is 0. The minimum absolute atomic E-state index is 0.433. The van der Waals surface area contributed by atoms with E-state index in [1.807, 2.05) is 37.3 Å². The number of hydrogen-bond acceptors (Lipinski definition) is 5. The molecule has 100 valence electrons. The van der Waals surface area contributed by atoms with Crippen LogP contribution in [0.3, 0.4) is 0 Å². The molecule has 3 rings (SSSR count). The van der Waals surface area contributed by atoms with E-state index >= 15 is 0 Å². The van der Waals surface area contributed by atoms with Crippen LogP contribution in [-0.4, -0.2) is 15.1 Å². The van der Waals surface area contributed by atoms with Crippen molar-refractivity contribution in [2.24, 2.45) is 0 Å². The average molecular weight is 331 g/mol. The van der Waals surface area contributed by atoms with E-state index in [1.54, 1.807) is 6.20 Å². The number of benzene rings is 1. The maximum Gasteiger partial charge on any atom is 0.258 e. The Kier molecular flexibility index (Phi) is 3.23. The van der Waals surface area contributed by atoms with E-state index in [1.165, 1.54) is 0 Å². The van der Waals surface area contributed by atoms with Crippen LogP contribution in [0.1, 0.15) is 5.56 Å². The van der Waals surface area contributed by atoms with Gasteiger partial charge < -0.3 is 10.3 Å². The van der Waals surface area contributed by atoms with Crippen LogP contribution in [0.4, 0.5) is 5.69 Å². The van der Waals surface area contributed by atoms with Gasteiger partial charge in [0.15, 0.2) is 0 Å². The number of rotatable bonds is 2. The summed E-state index contributed by atoms with van der Waals surface area (Å²) in [6.45, 7) is 1.92. The number of nitrogens with two attached hydrogens (primary N) is 1. The van der Waals surface area contributed by atoms with Gasteiger partial charge in [0.25, 0.3) is 5.89 Å². The van der Waals surface area contributed by atoms with Gasteiger partial charge in [-0.1, -0.05) is 11.2 Å². The van der Waals surface area contributed by atoms with E-state index in [2.05, 4.69) is 31.1 Å². The summed E-state index contributed by atoms with van der Waals surface area (Å²) in [5, 5.41) is 3.97. The molecule has 6 heteroatoms. The van der Waals surface area contributed by atoms with E-state index in [4.69, 9.17) is 10.3 Å². The molecular weight excluding hydrogens is 320 g/mol. The number of nitrogens with zero attached hydrogens (tertiary/aromatic N) is 3. The minimum atomic E-state index is 0.433. The fraction of sp³-hybridized carbons (Fsp3) is 0.0714. The number of pyridine rings is 1. The summed E-state index contributed by atoms with van der Waals surface area (Å²) in [6, 6.07) is 9.31. The Bertz CT molecular complexity index is 769. The molecule has 20 heavy (non-hydrogen) atoms. The van der Waals surface area contributed by atoms with Crippen molar-refractivity contribution in [1.29, 1.82) is 0 Å². The molecule has 2 heterocycles. The van der Waals surface area contributed by atoms with Crippen molar-refractivity contribution in [1.82, 2.24) is 15.1 Å². The lowest BCUT2D eigenvalue weighted by Gasteiger charge is -2.03. The normalized spacial score (nSPS) is 10.7. The fourth-order valence-electron chi connectivity index (χ4n) is 1.86. The average Bonchev–Trinajstić information content (AvgIpc) is 2.92. The van der Waals surface area contributed by atoms with Crippen molar-refractivity contribution in [3.05, 3.63) is 46.6 Å². The first kappa shape index (κ1) is 12.8. The van der Waals surface area contributed by atoms with Crippen LogP contribution in [0, 0.1) is 6.92 Å². The summed E-state index contributed by atoms with van der Waals surface area (Å²) in [4.78, 5) is 8.63. The molecular formula is C14H11BrN4O. The molecule has 2 aromatic heterocycles. The summed E-state index contributed by atoms with van der Waals surface area (Å²) >= 11 is 3.42. The van der Waals surface area contributed by atoms with Crippen molar-refractivity contribution in [2.75, 3.05) is 5.73 Å². The number of hydrogen-bond donors (Lipinski definition) is 1. The molecule has 0 fully saturated rings. The standard InChI is InChI=1S/C14H11BrN4O/c1-8-9(4-2-6-11(8)16)14-18-13(19-20-14)12-10(15)5-3-7-17-12/h2-7H,16H2,1H3. The molecule has 0 atom stereocenters. The molecule has 3 aromatic rings. The molecule has 2 N–H and O–H groups in total. The van der Waals surface area contributed by atoms with Gasteiger partial charge in [-0.25, -0.2) is 0 Å². The van der Waals surface area contributed by atoms with Crippen LogP contribution in [0.5, 0.6) is 0 Å². The summed E-state index contributed by atoms with van der Waals surface area (Å²) in [5.41, 5.74) is 8.98. The molecule has 0 saturated carbocycles. The molecule has 0 saturated heterocycles. The summed E-state index contributed by atoms with van der Waals surface area (Å²) in [6.07, 6.45) is 1.68. The van der Waals surface area contributed by atoms with Gasteiger partial charge >= 0.3 is 0 Å². The van der Waals surface area contributed by atoms with Crippen molar-refractivity contribution < 1.29 is 4.52 Å².